The van der Waals surface area contributed by atoms with E-state index in [1.54, 1.807) is 7.11 Å². The van der Waals surface area contributed by atoms with Crippen LogP contribution in [0.2, 0.25) is 0 Å². The number of amides is 2. The minimum atomic E-state index is -0.677. The van der Waals surface area contributed by atoms with Crippen molar-refractivity contribution >= 4 is 11.8 Å². The highest BCUT2D eigenvalue weighted by molar-refractivity contribution is 5.93. The van der Waals surface area contributed by atoms with Crippen LogP contribution in [0.15, 0.2) is 36.4 Å². The van der Waals surface area contributed by atoms with Crippen LogP contribution in [-0.4, -0.2) is 73.3 Å². The third kappa shape index (κ3) is 3.04. The molecule has 7 nitrogen and oxygen atoms in total. The van der Waals surface area contributed by atoms with E-state index in [-0.39, 0.29) is 17.9 Å². The predicted molar refractivity (Wildman–Crippen MR) is 104 cm³/mol. The molecule has 3 fully saturated rings. The summed E-state index contributed by atoms with van der Waals surface area (Å²) in [7, 11) is 1.63. The molecular formula is C22H26N2O5. The molecule has 4 aliphatic rings. The van der Waals surface area contributed by atoms with Gasteiger partial charge in [-0.2, -0.15) is 0 Å². The molecule has 154 valence electrons. The van der Waals surface area contributed by atoms with Gasteiger partial charge in [-0.1, -0.05) is 24.3 Å². The van der Waals surface area contributed by atoms with Gasteiger partial charge in [0.15, 0.2) is 0 Å². The molecule has 4 aliphatic heterocycles. The molecule has 5 rings (SSSR count). The second-order valence-electron chi connectivity index (χ2n) is 8.24. The van der Waals surface area contributed by atoms with Crippen molar-refractivity contribution in [2.45, 2.75) is 24.7 Å². The number of ether oxygens (including phenoxy) is 3. The molecule has 2 bridgehead atoms. The van der Waals surface area contributed by atoms with Crippen molar-refractivity contribution in [3.05, 3.63) is 42.0 Å². The van der Waals surface area contributed by atoms with Crippen LogP contribution in [0.1, 0.15) is 12.0 Å². The van der Waals surface area contributed by atoms with Gasteiger partial charge in [0.05, 0.1) is 38.2 Å². The topological polar surface area (TPSA) is 68.3 Å². The Bertz CT molecular complexity index is 847. The number of methoxy groups -OCH3 is 1. The van der Waals surface area contributed by atoms with Gasteiger partial charge in [-0.25, -0.2) is 0 Å². The van der Waals surface area contributed by atoms with E-state index >= 15 is 0 Å². The Morgan fingerprint density at radius 3 is 3.07 bits per heavy atom. The molecule has 0 N–H and O–H groups in total. The number of rotatable bonds is 4. The van der Waals surface area contributed by atoms with E-state index in [2.05, 4.69) is 0 Å². The maximum Gasteiger partial charge on any atom is 0.230 e. The van der Waals surface area contributed by atoms with Crippen LogP contribution < -0.4 is 4.74 Å². The first kappa shape index (κ1) is 18.6. The number of carbonyl (C=O) groups excluding carboxylic acids is 2. The van der Waals surface area contributed by atoms with Gasteiger partial charge in [0.2, 0.25) is 11.8 Å². The van der Waals surface area contributed by atoms with E-state index in [1.807, 2.05) is 46.2 Å². The Morgan fingerprint density at radius 2 is 2.21 bits per heavy atom. The average molecular weight is 398 g/mol. The second kappa shape index (κ2) is 7.15. The zero-order valence-electron chi connectivity index (χ0n) is 16.6. The number of benzene rings is 1. The third-order valence-electron chi connectivity index (χ3n) is 6.51. The van der Waals surface area contributed by atoms with Gasteiger partial charge in [-0.3, -0.25) is 9.59 Å². The summed E-state index contributed by atoms with van der Waals surface area (Å²) < 4.78 is 17.0. The first-order valence-electron chi connectivity index (χ1n) is 10.3. The van der Waals surface area contributed by atoms with E-state index in [1.165, 1.54) is 0 Å². The molecule has 0 aromatic heterocycles. The number of hydrogen-bond donors (Lipinski definition) is 0. The van der Waals surface area contributed by atoms with Crippen LogP contribution in [0.3, 0.4) is 0 Å². The normalized spacial score (nSPS) is 33.1. The molecule has 1 spiro atoms. The van der Waals surface area contributed by atoms with Crippen molar-refractivity contribution in [1.82, 2.24) is 9.80 Å². The fourth-order valence-electron chi connectivity index (χ4n) is 5.16. The van der Waals surface area contributed by atoms with Gasteiger partial charge in [-0.05, 0) is 24.1 Å². The van der Waals surface area contributed by atoms with Crippen LogP contribution in [-0.2, 0) is 25.6 Å². The van der Waals surface area contributed by atoms with Gasteiger partial charge in [0.25, 0.3) is 0 Å². The molecule has 2 amide bonds. The van der Waals surface area contributed by atoms with Crippen LogP contribution in [0, 0.1) is 11.8 Å². The van der Waals surface area contributed by atoms with Crippen molar-refractivity contribution in [1.29, 1.82) is 0 Å². The van der Waals surface area contributed by atoms with E-state index < -0.39 is 17.4 Å². The second-order valence-corrected chi connectivity index (χ2v) is 8.24. The van der Waals surface area contributed by atoms with Crippen LogP contribution >= 0.6 is 0 Å². The largest absolute Gasteiger partial charge is 0.497 e. The smallest absolute Gasteiger partial charge is 0.230 e. The first-order valence-corrected chi connectivity index (χ1v) is 10.3. The van der Waals surface area contributed by atoms with E-state index in [0.717, 1.165) is 17.7 Å². The van der Waals surface area contributed by atoms with Crippen molar-refractivity contribution < 1.29 is 23.8 Å². The number of carbonyl (C=O) groups is 2. The monoisotopic (exact) mass is 398 g/mol. The Morgan fingerprint density at radius 1 is 1.31 bits per heavy atom. The SMILES string of the molecule is COc1cccc(CN2C[C@]34C=C[C@H](O3)[C@@H](C(=O)N3CCCOCC3)[C@@H]4C2=O)c1. The first-order chi connectivity index (χ1) is 14.1. The van der Waals surface area contributed by atoms with Crippen molar-refractivity contribution in [2.75, 3.05) is 40.0 Å². The number of fused-ring (bicyclic) bond motifs is 1. The lowest BCUT2D eigenvalue weighted by atomic mass is 9.76. The molecule has 1 aromatic carbocycles. The summed E-state index contributed by atoms with van der Waals surface area (Å²) in [6, 6.07) is 7.72. The fraction of sp³-hybridized carbons (Fsp3) is 0.545. The zero-order chi connectivity index (χ0) is 20.0. The van der Waals surface area contributed by atoms with Crippen LogP contribution in [0.4, 0.5) is 0 Å². The van der Waals surface area contributed by atoms with Crippen LogP contribution in [0.5, 0.6) is 5.75 Å². The summed E-state index contributed by atoms with van der Waals surface area (Å²) in [6.45, 7) is 3.43. The predicted octanol–water partition coefficient (Wildman–Crippen LogP) is 1.23. The van der Waals surface area contributed by atoms with Gasteiger partial charge >= 0.3 is 0 Å². The summed E-state index contributed by atoms with van der Waals surface area (Å²) >= 11 is 0. The molecule has 0 saturated carbocycles. The summed E-state index contributed by atoms with van der Waals surface area (Å²) in [5.41, 5.74) is 0.323. The minimum Gasteiger partial charge on any atom is -0.497 e. The molecule has 1 aromatic rings. The highest BCUT2D eigenvalue weighted by Gasteiger charge is 2.67. The zero-order valence-corrected chi connectivity index (χ0v) is 16.6. The maximum absolute atomic E-state index is 13.4. The van der Waals surface area contributed by atoms with Gasteiger partial charge in [-0.15, -0.1) is 0 Å². The number of hydrogen-bond acceptors (Lipinski definition) is 5. The molecule has 7 heteroatoms. The molecular weight excluding hydrogens is 372 g/mol. The van der Waals surface area contributed by atoms with E-state index in [4.69, 9.17) is 14.2 Å². The molecule has 29 heavy (non-hydrogen) atoms. The third-order valence-corrected chi connectivity index (χ3v) is 6.51. The van der Waals surface area contributed by atoms with Gasteiger partial charge < -0.3 is 24.0 Å². The average Bonchev–Trinajstić information content (AvgIpc) is 3.26. The molecule has 0 unspecified atom stereocenters. The maximum atomic E-state index is 13.4. The van der Waals surface area contributed by atoms with Crippen LogP contribution in [0.25, 0.3) is 0 Å². The Labute approximate surface area is 170 Å². The standard InChI is InChI=1S/C22H26N2O5/c1-27-16-5-2-4-15(12-16)13-24-14-22-7-6-17(29-22)18(19(22)21(24)26)20(25)23-8-3-10-28-11-9-23/h2,4-7,12,17-19H,3,8-11,13-14H2,1H3/t17-,18+,19+,22-/m0/s1. The highest BCUT2D eigenvalue weighted by Crippen LogP contribution is 2.52. The van der Waals surface area contributed by atoms with Crippen molar-refractivity contribution in [3.8, 4) is 5.75 Å². The fourth-order valence-corrected chi connectivity index (χ4v) is 5.16. The molecule has 0 radical (unpaired) electrons. The molecule has 3 saturated heterocycles. The summed E-state index contributed by atoms with van der Waals surface area (Å²) in [5.74, 6) is -0.0981. The lowest BCUT2D eigenvalue weighted by Gasteiger charge is -2.29. The van der Waals surface area contributed by atoms with E-state index in [9.17, 15) is 9.59 Å². The lowest BCUT2D eigenvalue weighted by Crippen LogP contribution is -2.46. The Hall–Kier alpha value is -2.38. The quantitative estimate of drug-likeness (QED) is 0.714. The van der Waals surface area contributed by atoms with Gasteiger partial charge in [0, 0.05) is 26.2 Å². The summed E-state index contributed by atoms with van der Waals surface area (Å²) in [6.07, 6.45) is 4.49. The highest BCUT2D eigenvalue weighted by atomic mass is 16.5. The molecule has 4 atom stereocenters. The van der Waals surface area contributed by atoms with Crippen molar-refractivity contribution in [2.24, 2.45) is 11.8 Å². The Kier molecular flexibility index (Phi) is 4.59. The number of nitrogens with zero attached hydrogens (tertiary/aromatic N) is 2. The Balaban J connectivity index is 1.37. The molecule has 4 heterocycles. The van der Waals surface area contributed by atoms with Gasteiger partial charge in [0.1, 0.15) is 11.4 Å². The summed E-state index contributed by atoms with van der Waals surface area (Å²) in [5, 5.41) is 0. The minimum absolute atomic E-state index is 0.00379. The summed E-state index contributed by atoms with van der Waals surface area (Å²) in [4.78, 5) is 30.4. The number of likely N-dealkylation sites (tertiary alicyclic amines) is 1. The van der Waals surface area contributed by atoms with E-state index in [0.29, 0.717) is 39.4 Å². The lowest BCUT2D eigenvalue weighted by molar-refractivity contribution is -0.143. The molecule has 0 aliphatic carbocycles. The van der Waals surface area contributed by atoms with Crippen molar-refractivity contribution in [3.63, 3.8) is 0 Å².